The van der Waals surface area contributed by atoms with Crippen molar-refractivity contribution >= 4 is 0 Å². The van der Waals surface area contributed by atoms with Crippen LogP contribution in [0.3, 0.4) is 0 Å². The van der Waals surface area contributed by atoms with Crippen molar-refractivity contribution in [3.05, 3.63) is 60.7 Å². The zero-order chi connectivity index (χ0) is 15.0. The van der Waals surface area contributed by atoms with Crippen LogP contribution in [0.25, 0.3) is 11.1 Å². The van der Waals surface area contributed by atoms with E-state index in [0.717, 1.165) is 19.3 Å². The summed E-state index contributed by atoms with van der Waals surface area (Å²) in [6, 6.07) is 21.5. The molecule has 2 nitrogen and oxygen atoms in total. The molecule has 2 aliphatic rings. The Morgan fingerprint density at radius 2 is 1.41 bits per heavy atom. The van der Waals surface area contributed by atoms with E-state index >= 15 is 0 Å². The van der Waals surface area contributed by atoms with Gasteiger partial charge in [0.2, 0.25) is 0 Å². The molecule has 0 saturated carbocycles. The van der Waals surface area contributed by atoms with Crippen LogP contribution < -0.4 is 0 Å². The van der Waals surface area contributed by atoms with Crippen LogP contribution in [0.2, 0.25) is 0 Å². The highest BCUT2D eigenvalue weighted by molar-refractivity contribution is 5.62. The number of rotatable bonds is 1. The molecule has 2 aromatic rings. The summed E-state index contributed by atoms with van der Waals surface area (Å²) in [6.45, 7) is 4.43. The van der Waals surface area contributed by atoms with Crippen molar-refractivity contribution in [1.29, 1.82) is 0 Å². The molecule has 1 atom stereocenters. The Morgan fingerprint density at radius 3 is 2.00 bits per heavy atom. The van der Waals surface area contributed by atoms with Gasteiger partial charge in [-0.15, -0.1) is 0 Å². The second-order valence-corrected chi connectivity index (χ2v) is 5.99. The molecule has 2 saturated heterocycles. The standard InChI is InChI=1S/C12H10.C8H15NO/c1-3-7-11(8-4-1)12-9-5-2-6-10-12;1-2-4-9-5-6-10-7-8(9)3-1/h1-10H;8H,1-7H2. The molecule has 22 heavy (non-hydrogen) atoms. The summed E-state index contributed by atoms with van der Waals surface area (Å²) in [7, 11) is 0. The number of fused-ring (bicyclic) bond motifs is 1. The number of piperidine rings is 1. The zero-order valence-corrected chi connectivity index (χ0v) is 13.2. The Balaban J connectivity index is 0.000000133. The van der Waals surface area contributed by atoms with Crippen LogP contribution in [0.15, 0.2) is 60.7 Å². The van der Waals surface area contributed by atoms with Crippen molar-refractivity contribution in [2.24, 2.45) is 0 Å². The molecular weight excluding hydrogens is 270 g/mol. The SMILES string of the molecule is C1CCN2CCOCC2C1.c1ccc(-c2ccccc2)cc1. The summed E-state index contributed by atoms with van der Waals surface area (Å²) in [5, 5.41) is 0. The molecule has 0 aliphatic carbocycles. The van der Waals surface area contributed by atoms with Crippen molar-refractivity contribution in [1.82, 2.24) is 4.90 Å². The van der Waals surface area contributed by atoms with Crippen LogP contribution in [0, 0.1) is 0 Å². The molecule has 116 valence electrons. The maximum atomic E-state index is 5.40. The molecule has 0 spiro atoms. The highest BCUT2D eigenvalue weighted by Gasteiger charge is 2.24. The van der Waals surface area contributed by atoms with Gasteiger partial charge in [-0.05, 0) is 30.5 Å². The fourth-order valence-electron chi connectivity index (χ4n) is 3.21. The topological polar surface area (TPSA) is 12.5 Å². The van der Waals surface area contributed by atoms with E-state index in [9.17, 15) is 0 Å². The van der Waals surface area contributed by atoms with Crippen molar-refractivity contribution < 1.29 is 4.74 Å². The number of morpholine rings is 1. The molecule has 2 aromatic carbocycles. The quantitative estimate of drug-likeness (QED) is 0.781. The second-order valence-electron chi connectivity index (χ2n) is 5.99. The summed E-state index contributed by atoms with van der Waals surface area (Å²) in [6.07, 6.45) is 4.17. The molecule has 2 heterocycles. The molecule has 1 unspecified atom stereocenters. The number of nitrogens with zero attached hydrogens (tertiary/aromatic N) is 1. The Kier molecular flexibility index (Phi) is 5.63. The number of hydrogen-bond acceptors (Lipinski definition) is 2. The Labute approximate surface area is 133 Å². The van der Waals surface area contributed by atoms with Gasteiger partial charge in [0.25, 0.3) is 0 Å². The van der Waals surface area contributed by atoms with Gasteiger partial charge in [-0.3, -0.25) is 4.90 Å². The lowest BCUT2D eigenvalue weighted by Crippen LogP contribution is -2.47. The first-order valence-corrected chi connectivity index (χ1v) is 8.36. The van der Waals surface area contributed by atoms with Gasteiger partial charge in [0.15, 0.2) is 0 Å². The summed E-state index contributed by atoms with van der Waals surface area (Å²) in [4.78, 5) is 2.58. The lowest BCUT2D eigenvalue weighted by molar-refractivity contribution is -0.0231. The average molecular weight is 295 g/mol. The lowest BCUT2D eigenvalue weighted by Gasteiger charge is -2.38. The molecule has 4 rings (SSSR count). The molecular formula is C20H25NO. The minimum Gasteiger partial charge on any atom is -0.378 e. The smallest absolute Gasteiger partial charge is 0.0622 e. The summed E-state index contributed by atoms with van der Waals surface area (Å²) >= 11 is 0. The van der Waals surface area contributed by atoms with Crippen LogP contribution in [-0.2, 0) is 4.74 Å². The number of benzene rings is 2. The van der Waals surface area contributed by atoms with Gasteiger partial charge in [0.1, 0.15) is 0 Å². The maximum absolute atomic E-state index is 5.40. The van der Waals surface area contributed by atoms with Gasteiger partial charge in [-0.25, -0.2) is 0 Å². The van der Waals surface area contributed by atoms with E-state index in [2.05, 4.69) is 53.4 Å². The van der Waals surface area contributed by atoms with E-state index in [1.807, 2.05) is 12.1 Å². The van der Waals surface area contributed by atoms with E-state index in [4.69, 9.17) is 4.74 Å². The van der Waals surface area contributed by atoms with E-state index in [0.29, 0.717) is 0 Å². The van der Waals surface area contributed by atoms with Crippen molar-refractivity contribution in [3.8, 4) is 11.1 Å². The monoisotopic (exact) mass is 295 g/mol. The normalized spacial score (nSPS) is 21.4. The number of ether oxygens (including phenoxy) is 1. The Hall–Kier alpha value is -1.64. The predicted molar refractivity (Wildman–Crippen MR) is 91.9 cm³/mol. The fraction of sp³-hybridized carbons (Fsp3) is 0.400. The molecule has 2 fully saturated rings. The van der Waals surface area contributed by atoms with E-state index in [1.165, 1.54) is 43.5 Å². The molecule has 2 aliphatic heterocycles. The summed E-state index contributed by atoms with van der Waals surface area (Å²) in [5.41, 5.74) is 2.55. The predicted octanol–water partition coefficient (Wildman–Crippen LogP) is 4.22. The first kappa shape index (κ1) is 15.3. The minimum atomic E-state index is 0.766. The van der Waals surface area contributed by atoms with Crippen LogP contribution in [0.1, 0.15) is 19.3 Å². The van der Waals surface area contributed by atoms with Crippen LogP contribution in [-0.4, -0.2) is 37.2 Å². The maximum Gasteiger partial charge on any atom is 0.0622 e. The van der Waals surface area contributed by atoms with E-state index in [-0.39, 0.29) is 0 Å². The summed E-state index contributed by atoms with van der Waals surface area (Å²) < 4.78 is 5.40. The van der Waals surface area contributed by atoms with Gasteiger partial charge in [0.05, 0.1) is 13.2 Å². The van der Waals surface area contributed by atoms with Crippen molar-refractivity contribution in [2.75, 3.05) is 26.3 Å². The first-order valence-electron chi connectivity index (χ1n) is 8.36. The van der Waals surface area contributed by atoms with Gasteiger partial charge < -0.3 is 4.74 Å². The van der Waals surface area contributed by atoms with Crippen LogP contribution in [0.4, 0.5) is 0 Å². The third kappa shape index (κ3) is 4.19. The van der Waals surface area contributed by atoms with Crippen molar-refractivity contribution in [2.45, 2.75) is 25.3 Å². The third-order valence-corrected chi connectivity index (χ3v) is 4.46. The van der Waals surface area contributed by atoms with Crippen molar-refractivity contribution in [3.63, 3.8) is 0 Å². The molecule has 0 aromatic heterocycles. The zero-order valence-electron chi connectivity index (χ0n) is 13.2. The minimum absolute atomic E-state index is 0.766. The van der Waals surface area contributed by atoms with Gasteiger partial charge in [-0.1, -0.05) is 67.1 Å². The highest BCUT2D eigenvalue weighted by atomic mass is 16.5. The highest BCUT2D eigenvalue weighted by Crippen LogP contribution is 2.19. The molecule has 0 bridgehead atoms. The number of hydrogen-bond donors (Lipinski definition) is 0. The van der Waals surface area contributed by atoms with E-state index in [1.54, 1.807) is 0 Å². The van der Waals surface area contributed by atoms with E-state index < -0.39 is 0 Å². The van der Waals surface area contributed by atoms with Crippen LogP contribution >= 0.6 is 0 Å². The molecule has 0 N–H and O–H groups in total. The lowest BCUT2D eigenvalue weighted by atomic mass is 10.0. The van der Waals surface area contributed by atoms with Gasteiger partial charge >= 0.3 is 0 Å². The summed E-state index contributed by atoms with van der Waals surface area (Å²) in [5.74, 6) is 0. The molecule has 0 amide bonds. The Morgan fingerprint density at radius 1 is 0.773 bits per heavy atom. The van der Waals surface area contributed by atoms with Crippen LogP contribution in [0.5, 0.6) is 0 Å². The molecule has 2 heteroatoms. The largest absolute Gasteiger partial charge is 0.378 e. The first-order chi connectivity index (χ1) is 10.9. The van der Waals surface area contributed by atoms with Gasteiger partial charge in [0, 0.05) is 12.6 Å². The second kappa shape index (κ2) is 8.11. The fourth-order valence-corrected chi connectivity index (χ4v) is 3.21. The third-order valence-electron chi connectivity index (χ3n) is 4.46. The van der Waals surface area contributed by atoms with Gasteiger partial charge in [-0.2, -0.15) is 0 Å². The Bertz CT molecular complexity index is 477. The molecule has 0 radical (unpaired) electrons. The average Bonchev–Trinajstić information content (AvgIpc) is 2.64.